The number of nitrogens with two attached hydrogens (primary N) is 1. The number of nitrogens with one attached hydrogen (secondary N) is 1. The molecule has 13 heteroatoms. The van der Waals surface area contributed by atoms with E-state index in [0.717, 1.165) is 37.5 Å². The molecule has 2 aliphatic rings. The summed E-state index contributed by atoms with van der Waals surface area (Å²) in [6, 6.07) is 3.27. The SMILES string of the molecule is CC(C)N1C=C(C2CCC(Oc3ccnc4c(-c5cc(F)c(S(N)(=O)=O)cc5F)cnn34)CC2)ON1. The van der Waals surface area contributed by atoms with Gasteiger partial charge in [0, 0.05) is 35.3 Å². The molecule has 0 radical (unpaired) electrons. The van der Waals surface area contributed by atoms with Gasteiger partial charge in [-0.25, -0.2) is 27.3 Å². The Hall–Kier alpha value is -3.29. The minimum Gasteiger partial charge on any atom is -0.474 e. The third-order valence-electron chi connectivity index (χ3n) is 6.44. The van der Waals surface area contributed by atoms with Crippen molar-refractivity contribution in [1.82, 2.24) is 25.2 Å². The molecule has 192 valence electrons. The molecular weight excluding hydrogens is 494 g/mol. The molecule has 10 nitrogen and oxygen atoms in total. The smallest absolute Gasteiger partial charge is 0.241 e. The van der Waals surface area contributed by atoms with E-state index < -0.39 is 26.6 Å². The van der Waals surface area contributed by atoms with Crippen LogP contribution in [0.3, 0.4) is 0 Å². The topological polar surface area (TPSA) is 124 Å². The second kappa shape index (κ2) is 9.30. The Bertz CT molecular complexity index is 1430. The monoisotopic (exact) mass is 520 g/mol. The molecule has 0 bridgehead atoms. The zero-order valence-corrected chi connectivity index (χ0v) is 20.5. The van der Waals surface area contributed by atoms with Crippen LogP contribution in [-0.4, -0.2) is 40.2 Å². The molecule has 1 aromatic carbocycles. The second-order valence-corrected chi connectivity index (χ2v) is 10.7. The van der Waals surface area contributed by atoms with Gasteiger partial charge in [0.1, 0.15) is 28.4 Å². The molecule has 1 aliphatic heterocycles. The Balaban J connectivity index is 1.34. The highest BCUT2D eigenvalue weighted by Crippen LogP contribution is 2.35. The maximum absolute atomic E-state index is 14.8. The zero-order chi connectivity index (χ0) is 25.6. The van der Waals surface area contributed by atoms with Gasteiger partial charge in [-0.15, -0.1) is 0 Å². The Kier molecular flexibility index (Phi) is 6.30. The molecule has 0 amide bonds. The summed E-state index contributed by atoms with van der Waals surface area (Å²) in [5.74, 6) is -0.483. The maximum atomic E-state index is 14.8. The quantitative estimate of drug-likeness (QED) is 0.508. The average molecular weight is 521 g/mol. The van der Waals surface area contributed by atoms with Crippen LogP contribution in [-0.2, 0) is 14.9 Å². The predicted molar refractivity (Wildman–Crippen MR) is 125 cm³/mol. The van der Waals surface area contributed by atoms with Gasteiger partial charge in [0.15, 0.2) is 5.65 Å². The van der Waals surface area contributed by atoms with Gasteiger partial charge in [-0.2, -0.15) is 9.61 Å². The van der Waals surface area contributed by atoms with Crippen LogP contribution in [0.15, 0.2) is 47.4 Å². The number of allylic oxidation sites excluding steroid dienone is 1. The molecule has 36 heavy (non-hydrogen) atoms. The lowest BCUT2D eigenvalue weighted by atomic mass is 9.86. The van der Waals surface area contributed by atoms with Crippen molar-refractivity contribution >= 4 is 15.7 Å². The lowest BCUT2D eigenvalue weighted by Gasteiger charge is -2.28. The van der Waals surface area contributed by atoms with Crippen molar-refractivity contribution in [2.75, 3.05) is 0 Å². The van der Waals surface area contributed by atoms with Gasteiger partial charge in [-0.05, 0) is 51.7 Å². The van der Waals surface area contributed by atoms with Crippen molar-refractivity contribution in [3.8, 4) is 17.0 Å². The Labute approximate surface area is 206 Å². The van der Waals surface area contributed by atoms with E-state index in [9.17, 15) is 17.2 Å². The minimum atomic E-state index is -4.41. The first-order valence-electron chi connectivity index (χ1n) is 11.6. The number of fused-ring (bicyclic) bond motifs is 1. The van der Waals surface area contributed by atoms with E-state index in [1.54, 1.807) is 6.07 Å². The van der Waals surface area contributed by atoms with Crippen LogP contribution in [0.25, 0.3) is 16.8 Å². The fraction of sp³-hybridized carbons (Fsp3) is 0.391. The van der Waals surface area contributed by atoms with Crippen molar-refractivity contribution in [1.29, 1.82) is 0 Å². The summed E-state index contributed by atoms with van der Waals surface area (Å²) in [6.45, 7) is 4.14. The molecule has 3 N–H and O–H groups in total. The van der Waals surface area contributed by atoms with E-state index in [1.807, 2.05) is 11.2 Å². The van der Waals surface area contributed by atoms with Crippen LogP contribution in [0.5, 0.6) is 5.88 Å². The summed E-state index contributed by atoms with van der Waals surface area (Å²) in [6.07, 6.45) is 8.17. The molecule has 5 rings (SSSR count). The van der Waals surface area contributed by atoms with Crippen molar-refractivity contribution < 1.29 is 26.8 Å². The van der Waals surface area contributed by atoms with Crippen LogP contribution >= 0.6 is 0 Å². The molecule has 0 spiro atoms. The zero-order valence-electron chi connectivity index (χ0n) is 19.7. The van der Waals surface area contributed by atoms with Gasteiger partial charge in [-0.3, -0.25) is 5.01 Å². The summed E-state index contributed by atoms with van der Waals surface area (Å²) in [4.78, 5) is 8.98. The molecule has 2 aromatic heterocycles. The molecule has 3 heterocycles. The normalized spacial score (nSPS) is 20.6. The minimum absolute atomic E-state index is 0.0566. The van der Waals surface area contributed by atoms with Crippen molar-refractivity contribution in [2.45, 2.75) is 56.6 Å². The fourth-order valence-corrected chi connectivity index (χ4v) is 5.07. The first kappa shape index (κ1) is 24.4. The number of hydrogen-bond acceptors (Lipinski definition) is 8. The van der Waals surface area contributed by atoms with E-state index in [2.05, 4.69) is 29.5 Å². The van der Waals surface area contributed by atoms with Crippen LogP contribution < -0.4 is 15.5 Å². The lowest BCUT2D eigenvalue weighted by Crippen LogP contribution is -2.33. The molecule has 1 fully saturated rings. The number of primary sulfonamides is 1. The number of ether oxygens (including phenoxy) is 1. The molecule has 1 aliphatic carbocycles. The number of nitrogens with zero attached hydrogens (tertiary/aromatic N) is 4. The first-order chi connectivity index (χ1) is 17.1. The highest BCUT2D eigenvalue weighted by molar-refractivity contribution is 7.89. The van der Waals surface area contributed by atoms with Gasteiger partial charge >= 0.3 is 0 Å². The predicted octanol–water partition coefficient (Wildman–Crippen LogP) is 3.26. The summed E-state index contributed by atoms with van der Waals surface area (Å²) in [5.41, 5.74) is 3.16. The summed E-state index contributed by atoms with van der Waals surface area (Å²) < 4.78 is 59.8. The standard InChI is InChI=1S/C23H26F2N6O4S/c1-13(2)30-12-20(35-29-30)14-3-5-15(6-4-14)34-22-7-8-27-23-17(11-28-31(22)23)16-9-19(25)21(10-18(16)24)36(26,32)33/h7-15,29H,3-6H2,1-2H3,(H2,26,32,33). The van der Waals surface area contributed by atoms with E-state index >= 15 is 0 Å². The molecule has 0 saturated heterocycles. The third kappa shape index (κ3) is 4.61. The highest BCUT2D eigenvalue weighted by atomic mass is 32.2. The Morgan fingerprint density at radius 1 is 1.17 bits per heavy atom. The van der Waals surface area contributed by atoms with Crippen molar-refractivity contribution in [3.63, 3.8) is 0 Å². The van der Waals surface area contributed by atoms with Gasteiger partial charge in [0.05, 0.1) is 12.4 Å². The number of aromatic nitrogens is 3. The van der Waals surface area contributed by atoms with E-state index in [1.165, 1.54) is 16.9 Å². The van der Waals surface area contributed by atoms with Crippen LogP contribution in [0.2, 0.25) is 0 Å². The maximum Gasteiger partial charge on any atom is 0.241 e. The number of sulfonamides is 1. The largest absolute Gasteiger partial charge is 0.474 e. The molecule has 0 unspecified atom stereocenters. The van der Waals surface area contributed by atoms with Gasteiger partial charge in [0.2, 0.25) is 15.9 Å². The van der Waals surface area contributed by atoms with E-state index in [4.69, 9.17) is 14.7 Å². The lowest BCUT2D eigenvalue weighted by molar-refractivity contribution is -0.00854. The van der Waals surface area contributed by atoms with Crippen LogP contribution in [0.4, 0.5) is 8.78 Å². The van der Waals surface area contributed by atoms with Crippen LogP contribution in [0.1, 0.15) is 39.5 Å². The first-order valence-corrected chi connectivity index (χ1v) is 13.1. The Morgan fingerprint density at radius 3 is 2.58 bits per heavy atom. The summed E-state index contributed by atoms with van der Waals surface area (Å²) in [7, 11) is -4.41. The number of rotatable bonds is 6. The Morgan fingerprint density at radius 2 is 1.92 bits per heavy atom. The number of halogens is 2. The van der Waals surface area contributed by atoms with E-state index in [0.29, 0.717) is 17.9 Å². The summed E-state index contributed by atoms with van der Waals surface area (Å²) in [5, 5.41) is 11.1. The fourth-order valence-electron chi connectivity index (χ4n) is 4.48. The molecule has 3 aromatic rings. The van der Waals surface area contributed by atoms with Crippen LogP contribution in [0, 0.1) is 17.6 Å². The number of hydrazine groups is 1. The molecule has 1 saturated carbocycles. The third-order valence-corrected chi connectivity index (χ3v) is 7.37. The van der Waals surface area contributed by atoms with Crippen molar-refractivity contribution in [3.05, 3.63) is 54.2 Å². The number of benzene rings is 1. The number of hydrogen-bond donors (Lipinski definition) is 2. The van der Waals surface area contributed by atoms with Gasteiger partial charge < -0.3 is 9.57 Å². The van der Waals surface area contributed by atoms with Gasteiger partial charge in [0.25, 0.3) is 0 Å². The average Bonchev–Trinajstić information content (AvgIpc) is 3.49. The highest BCUT2D eigenvalue weighted by Gasteiger charge is 2.30. The van der Waals surface area contributed by atoms with Crippen molar-refractivity contribution in [2.24, 2.45) is 11.1 Å². The van der Waals surface area contributed by atoms with E-state index in [-0.39, 0.29) is 28.9 Å². The summed E-state index contributed by atoms with van der Waals surface area (Å²) >= 11 is 0. The molecule has 0 atom stereocenters. The van der Waals surface area contributed by atoms with Gasteiger partial charge in [-0.1, -0.05) is 5.59 Å². The second-order valence-electron chi connectivity index (χ2n) is 9.20. The molecular formula is C23H26F2N6O4S.